The molecule has 0 aliphatic carbocycles. The van der Waals surface area contributed by atoms with Crippen LogP contribution >= 0.6 is 11.6 Å². The Hall–Kier alpha value is -3.40. The van der Waals surface area contributed by atoms with Gasteiger partial charge in [-0.3, -0.25) is 19.3 Å². The van der Waals surface area contributed by atoms with Gasteiger partial charge in [0.25, 0.3) is 0 Å². The SMILES string of the molecule is C=C(F)c1nn(CC(=O)N2C[C@H](F)C[C@H]2C(=O)NCc2cccc(Cl)c2F)c2cnccc12. The van der Waals surface area contributed by atoms with Crippen molar-refractivity contribution in [3.63, 3.8) is 0 Å². The zero-order chi connectivity index (χ0) is 23.7. The van der Waals surface area contributed by atoms with Crippen molar-refractivity contribution in [2.24, 2.45) is 0 Å². The zero-order valence-corrected chi connectivity index (χ0v) is 18.0. The molecule has 0 bridgehead atoms. The monoisotopic (exact) mass is 477 g/mol. The number of nitrogens with zero attached hydrogens (tertiary/aromatic N) is 4. The van der Waals surface area contributed by atoms with Crippen molar-refractivity contribution in [3.8, 4) is 0 Å². The molecular weight excluding hydrogens is 459 g/mol. The van der Waals surface area contributed by atoms with E-state index in [0.717, 1.165) is 4.90 Å². The fourth-order valence-corrected chi connectivity index (χ4v) is 4.05. The van der Waals surface area contributed by atoms with Crippen LogP contribution in [0.1, 0.15) is 17.7 Å². The number of pyridine rings is 1. The van der Waals surface area contributed by atoms with Crippen LogP contribution in [-0.2, 0) is 22.7 Å². The molecule has 1 saturated heterocycles. The molecule has 7 nitrogen and oxygen atoms in total. The number of fused-ring (bicyclic) bond motifs is 1. The lowest BCUT2D eigenvalue weighted by molar-refractivity contribution is -0.139. The second kappa shape index (κ2) is 9.22. The van der Waals surface area contributed by atoms with Crippen LogP contribution in [0, 0.1) is 5.82 Å². The third-order valence-corrected chi connectivity index (χ3v) is 5.75. The molecule has 0 spiro atoms. The fourth-order valence-electron chi connectivity index (χ4n) is 3.85. The molecular formula is C22H19ClF3N5O2. The topological polar surface area (TPSA) is 80.1 Å². The van der Waals surface area contributed by atoms with Crippen molar-refractivity contribution in [2.45, 2.75) is 31.7 Å². The normalized spacial score (nSPS) is 18.0. The molecule has 1 aromatic carbocycles. The third-order valence-electron chi connectivity index (χ3n) is 5.45. The quantitative estimate of drug-likeness (QED) is 0.590. The van der Waals surface area contributed by atoms with Gasteiger partial charge in [-0.25, -0.2) is 13.2 Å². The predicted octanol–water partition coefficient (Wildman–Crippen LogP) is 3.42. The molecule has 0 radical (unpaired) electrons. The molecule has 1 N–H and O–H groups in total. The highest BCUT2D eigenvalue weighted by atomic mass is 35.5. The minimum atomic E-state index is -1.40. The molecule has 3 heterocycles. The number of amides is 2. The molecule has 33 heavy (non-hydrogen) atoms. The summed E-state index contributed by atoms with van der Waals surface area (Å²) < 4.78 is 43.3. The minimum absolute atomic E-state index is 0.0252. The first kappa shape index (κ1) is 22.8. The van der Waals surface area contributed by atoms with Gasteiger partial charge in [0, 0.05) is 30.1 Å². The van der Waals surface area contributed by atoms with Crippen molar-refractivity contribution in [1.29, 1.82) is 0 Å². The minimum Gasteiger partial charge on any atom is -0.350 e. The lowest BCUT2D eigenvalue weighted by Crippen LogP contribution is -2.46. The van der Waals surface area contributed by atoms with Crippen LogP contribution in [0.25, 0.3) is 16.7 Å². The number of rotatable bonds is 6. The average Bonchev–Trinajstić information content (AvgIpc) is 3.36. The first-order chi connectivity index (χ1) is 15.8. The molecule has 2 amide bonds. The van der Waals surface area contributed by atoms with E-state index >= 15 is 0 Å². The van der Waals surface area contributed by atoms with E-state index in [0.29, 0.717) is 10.9 Å². The first-order valence-corrected chi connectivity index (χ1v) is 10.4. The Kier molecular flexibility index (Phi) is 6.37. The van der Waals surface area contributed by atoms with Crippen molar-refractivity contribution < 1.29 is 22.8 Å². The molecule has 1 aliphatic rings. The molecule has 2 aromatic heterocycles. The van der Waals surface area contributed by atoms with Crippen molar-refractivity contribution in [2.75, 3.05) is 6.54 Å². The first-order valence-electron chi connectivity index (χ1n) is 10.1. The Bertz CT molecular complexity index is 1250. The Labute approximate surface area is 191 Å². The van der Waals surface area contributed by atoms with Crippen LogP contribution in [0.4, 0.5) is 13.2 Å². The smallest absolute Gasteiger partial charge is 0.245 e. The van der Waals surface area contributed by atoms with Gasteiger partial charge < -0.3 is 10.2 Å². The van der Waals surface area contributed by atoms with E-state index in [-0.39, 0.29) is 42.3 Å². The number of likely N-dealkylation sites (tertiary alicyclic amines) is 1. The highest BCUT2D eigenvalue weighted by molar-refractivity contribution is 6.30. The standard InChI is InChI=1S/C22H19ClF3N5O2/c1-12(24)21-15-5-6-27-9-18(15)31(29-21)11-19(32)30-10-14(25)7-17(30)22(33)28-8-13-3-2-4-16(23)20(13)26/h2-6,9,14,17H,1,7-8,10-11H2,(H,28,33)/t14-,17+/m1/s1. The van der Waals surface area contributed by atoms with Crippen LogP contribution in [0.2, 0.25) is 5.02 Å². The summed E-state index contributed by atoms with van der Waals surface area (Å²) in [5.74, 6) is -2.62. The van der Waals surface area contributed by atoms with Crippen LogP contribution in [-0.4, -0.2) is 50.2 Å². The molecule has 2 atom stereocenters. The van der Waals surface area contributed by atoms with E-state index < -0.39 is 35.7 Å². The third kappa shape index (κ3) is 4.56. The number of hydrogen-bond donors (Lipinski definition) is 1. The number of halogens is 4. The van der Waals surface area contributed by atoms with Gasteiger partial charge >= 0.3 is 0 Å². The summed E-state index contributed by atoms with van der Waals surface area (Å²) in [7, 11) is 0. The molecule has 172 valence electrons. The highest BCUT2D eigenvalue weighted by Gasteiger charge is 2.40. The van der Waals surface area contributed by atoms with Gasteiger partial charge in [0.15, 0.2) is 0 Å². The van der Waals surface area contributed by atoms with Crippen LogP contribution in [0.3, 0.4) is 0 Å². The van der Waals surface area contributed by atoms with Crippen LogP contribution in [0.5, 0.6) is 0 Å². The van der Waals surface area contributed by atoms with Crippen LogP contribution < -0.4 is 5.32 Å². The van der Waals surface area contributed by atoms with E-state index in [1.165, 1.54) is 29.2 Å². The molecule has 3 aromatic rings. The largest absolute Gasteiger partial charge is 0.350 e. The zero-order valence-electron chi connectivity index (χ0n) is 17.3. The molecule has 11 heteroatoms. The summed E-state index contributed by atoms with van der Waals surface area (Å²) in [4.78, 5) is 30.8. The number of alkyl halides is 1. The van der Waals surface area contributed by atoms with Crippen molar-refractivity contribution in [3.05, 3.63) is 65.3 Å². The van der Waals surface area contributed by atoms with E-state index in [1.54, 1.807) is 12.1 Å². The number of benzene rings is 1. The Morgan fingerprint density at radius 3 is 2.85 bits per heavy atom. The second-order valence-electron chi connectivity index (χ2n) is 7.63. The summed E-state index contributed by atoms with van der Waals surface area (Å²) in [6, 6.07) is 4.85. The second-order valence-corrected chi connectivity index (χ2v) is 8.04. The van der Waals surface area contributed by atoms with E-state index in [9.17, 15) is 22.8 Å². The maximum atomic E-state index is 14.2. The summed E-state index contributed by atoms with van der Waals surface area (Å²) in [5, 5.41) is 6.96. The molecule has 4 rings (SSSR count). The number of aromatic nitrogens is 3. The maximum absolute atomic E-state index is 14.2. The number of carbonyl (C=O) groups excluding carboxylic acids is 2. The van der Waals surface area contributed by atoms with Crippen LogP contribution in [0.15, 0.2) is 43.2 Å². The van der Waals surface area contributed by atoms with Crippen molar-refractivity contribution in [1.82, 2.24) is 25.0 Å². The van der Waals surface area contributed by atoms with Crippen molar-refractivity contribution >= 4 is 40.1 Å². The lowest BCUT2D eigenvalue weighted by atomic mass is 10.1. The van der Waals surface area contributed by atoms with Gasteiger partial charge in [-0.15, -0.1) is 0 Å². The number of carbonyl (C=O) groups is 2. The van der Waals surface area contributed by atoms with E-state index in [4.69, 9.17) is 11.6 Å². The number of nitrogens with one attached hydrogen (secondary N) is 1. The predicted molar refractivity (Wildman–Crippen MR) is 116 cm³/mol. The molecule has 0 saturated carbocycles. The Morgan fingerprint density at radius 1 is 1.30 bits per heavy atom. The Morgan fingerprint density at radius 2 is 2.09 bits per heavy atom. The molecule has 1 fully saturated rings. The molecule has 0 unspecified atom stereocenters. The van der Waals surface area contributed by atoms with Gasteiger partial charge in [0.2, 0.25) is 11.8 Å². The van der Waals surface area contributed by atoms with Gasteiger partial charge in [-0.05, 0) is 12.1 Å². The average molecular weight is 478 g/mol. The lowest BCUT2D eigenvalue weighted by Gasteiger charge is -2.23. The Balaban J connectivity index is 1.50. The van der Waals surface area contributed by atoms with Gasteiger partial charge in [-0.1, -0.05) is 30.3 Å². The fraction of sp³-hybridized carbons (Fsp3) is 0.273. The van der Waals surface area contributed by atoms with E-state index in [1.807, 2.05) is 0 Å². The van der Waals surface area contributed by atoms with Gasteiger partial charge in [0.1, 0.15) is 36.1 Å². The summed E-state index contributed by atoms with van der Waals surface area (Å²) in [5.41, 5.74) is 0.536. The van der Waals surface area contributed by atoms with Gasteiger partial charge in [-0.2, -0.15) is 5.10 Å². The van der Waals surface area contributed by atoms with Gasteiger partial charge in [0.05, 0.1) is 23.3 Å². The summed E-state index contributed by atoms with van der Waals surface area (Å²) in [6.45, 7) is 2.46. The maximum Gasteiger partial charge on any atom is 0.245 e. The molecule has 1 aliphatic heterocycles. The van der Waals surface area contributed by atoms with E-state index in [2.05, 4.69) is 22.0 Å². The number of hydrogen-bond acceptors (Lipinski definition) is 4. The highest BCUT2D eigenvalue weighted by Crippen LogP contribution is 2.26. The summed E-state index contributed by atoms with van der Waals surface area (Å²) >= 11 is 5.75. The summed E-state index contributed by atoms with van der Waals surface area (Å²) in [6.07, 6.45) is 1.29.